The molecule has 0 aliphatic heterocycles. The van der Waals surface area contributed by atoms with Crippen molar-refractivity contribution >= 4 is 11.9 Å². The standard InChI is InChI=1S/C53H102O5/c1-4-7-10-13-16-19-22-25-27-29-31-34-37-40-43-46-52(54)57-50-51(49-56-48-45-42-39-36-33-30-26-23-20-17-14-11-8-5-2)58-53(55)47-44-41-38-35-32-28-24-21-18-15-12-9-6-3/h25,27,51H,4-24,26,28-50H2,1-3H3/b27-25-/t51-/m1/s1. The topological polar surface area (TPSA) is 61.8 Å². The van der Waals surface area contributed by atoms with Crippen molar-refractivity contribution in [3.8, 4) is 0 Å². The first-order chi connectivity index (χ1) is 28.6. The molecule has 5 heteroatoms. The third kappa shape index (κ3) is 47.3. The number of allylic oxidation sites excluding steroid dienone is 2. The lowest BCUT2D eigenvalue weighted by atomic mass is 10.0. The smallest absolute Gasteiger partial charge is 0.306 e. The molecular formula is C53H102O5. The molecule has 0 spiro atoms. The molecule has 0 saturated heterocycles. The number of ether oxygens (including phenoxy) is 3. The van der Waals surface area contributed by atoms with Crippen LogP contribution in [0.25, 0.3) is 0 Å². The van der Waals surface area contributed by atoms with E-state index in [2.05, 4.69) is 32.9 Å². The number of esters is 2. The van der Waals surface area contributed by atoms with Gasteiger partial charge in [-0.2, -0.15) is 0 Å². The maximum atomic E-state index is 12.8. The van der Waals surface area contributed by atoms with E-state index in [9.17, 15) is 9.59 Å². The van der Waals surface area contributed by atoms with Crippen molar-refractivity contribution in [3.63, 3.8) is 0 Å². The zero-order chi connectivity index (χ0) is 42.1. The lowest BCUT2D eigenvalue weighted by Gasteiger charge is -2.18. The Kier molecular flexibility index (Phi) is 48.8. The van der Waals surface area contributed by atoms with Gasteiger partial charge in [-0.3, -0.25) is 9.59 Å². The number of carbonyl (C=O) groups excluding carboxylic acids is 2. The molecular weight excluding hydrogens is 717 g/mol. The van der Waals surface area contributed by atoms with Gasteiger partial charge in [-0.15, -0.1) is 0 Å². The first-order valence-electron chi connectivity index (χ1n) is 26.2. The molecule has 0 N–H and O–H groups in total. The largest absolute Gasteiger partial charge is 0.462 e. The molecule has 58 heavy (non-hydrogen) atoms. The number of hydrogen-bond donors (Lipinski definition) is 0. The SMILES string of the molecule is CCCCCCCC/C=C\CCCCCCCC(=O)OC[C@@H](COCCCCCCCCCCCCCCCC)OC(=O)CCCCCCCCCCCCCCC. The summed E-state index contributed by atoms with van der Waals surface area (Å²) in [6.07, 6.45) is 56.4. The summed E-state index contributed by atoms with van der Waals surface area (Å²) in [4.78, 5) is 25.4. The van der Waals surface area contributed by atoms with Crippen LogP contribution < -0.4 is 0 Å². The van der Waals surface area contributed by atoms with E-state index >= 15 is 0 Å². The summed E-state index contributed by atoms with van der Waals surface area (Å²) in [5.74, 6) is -0.386. The molecule has 0 bridgehead atoms. The van der Waals surface area contributed by atoms with Gasteiger partial charge in [0.05, 0.1) is 6.61 Å². The van der Waals surface area contributed by atoms with E-state index < -0.39 is 6.10 Å². The molecule has 0 radical (unpaired) electrons. The summed E-state index contributed by atoms with van der Waals surface area (Å²) < 4.78 is 17.4. The van der Waals surface area contributed by atoms with Gasteiger partial charge in [-0.1, -0.05) is 245 Å². The monoisotopic (exact) mass is 819 g/mol. The predicted octanol–water partition coefficient (Wildman–Crippen LogP) is 17.5. The summed E-state index contributed by atoms with van der Waals surface area (Å²) in [6.45, 7) is 7.88. The Morgan fingerprint density at radius 1 is 0.362 bits per heavy atom. The molecule has 0 aromatic carbocycles. The normalized spacial score (nSPS) is 12.1. The third-order valence-corrected chi connectivity index (χ3v) is 11.8. The van der Waals surface area contributed by atoms with E-state index in [-0.39, 0.29) is 18.5 Å². The zero-order valence-electron chi connectivity index (χ0n) is 39.6. The van der Waals surface area contributed by atoms with Gasteiger partial charge in [-0.25, -0.2) is 0 Å². The molecule has 344 valence electrons. The minimum absolute atomic E-state index is 0.0903. The zero-order valence-corrected chi connectivity index (χ0v) is 39.6. The molecule has 0 saturated carbocycles. The number of hydrogen-bond acceptors (Lipinski definition) is 5. The van der Waals surface area contributed by atoms with Gasteiger partial charge < -0.3 is 14.2 Å². The van der Waals surface area contributed by atoms with Gasteiger partial charge in [0.25, 0.3) is 0 Å². The van der Waals surface area contributed by atoms with Crippen molar-refractivity contribution in [1.29, 1.82) is 0 Å². The molecule has 0 aromatic rings. The van der Waals surface area contributed by atoms with E-state index in [0.29, 0.717) is 26.1 Å². The Bertz CT molecular complexity index is 840. The fraction of sp³-hybridized carbons (Fsp3) is 0.925. The van der Waals surface area contributed by atoms with Crippen molar-refractivity contribution in [2.45, 2.75) is 297 Å². The van der Waals surface area contributed by atoms with Crippen molar-refractivity contribution < 1.29 is 23.8 Å². The molecule has 0 aromatic heterocycles. The second-order valence-corrected chi connectivity index (χ2v) is 17.8. The van der Waals surface area contributed by atoms with Crippen molar-refractivity contribution in [3.05, 3.63) is 12.2 Å². The van der Waals surface area contributed by atoms with Crippen LogP contribution in [0.1, 0.15) is 290 Å². The Morgan fingerprint density at radius 3 is 1.05 bits per heavy atom. The molecule has 0 rings (SSSR count). The second kappa shape index (κ2) is 50.0. The van der Waals surface area contributed by atoms with Crippen LogP contribution in [0, 0.1) is 0 Å². The maximum Gasteiger partial charge on any atom is 0.306 e. The van der Waals surface area contributed by atoms with Crippen molar-refractivity contribution in [2.75, 3.05) is 19.8 Å². The highest BCUT2D eigenvalue weighted by Crippen LogP contribution is 2.16. The van der Waals surface area contributed by atoms with Crippen LogP contribution in [-0.4, -0.2) is 37.9 Å². The molecule has 0 amide bonds. The number of carbonyl (C=O) groups is 2. The van der Waals surface area contributed by atoms with E-state index in [1.807, 2.05) is 0 Å². The van der Waals surface area contributed by atoms with Crippen molar-refractivity contribution in [2.24, 2.45) is 0 Å². The minimum Gasteiger partial charge on any atom is -0.462 e. The predicted molar refractivity (Wildman–Crippen MR) is 252 cm³/mol. The van der Waals surface area contributed by atoms with E-state index in [0.717, 1.165) is 38.5 Å². The molecule has 0 aliphatic carbocycles. The van der Waals surface area contributed by atoms with E-state index in [1.165, 1.54) is 218 Å². The summed E-state index contributed by atoms with van der Waals surface area (Å²) in [5, 5.41) is 0. The minimum atomic E-state index is -0.529. The van der Waals surface area contributed by atoms with Gasteiger partial charge in [0.2, 0.25) is 0 Å². The first kappa shape index (κ1) is 56.6. The maximum absolute atomic E-state index is 12.8. The summed E-state index contributed by atoms with van der Waals surface area (Å²) >= 11 is 0. The van der Waals surface area contributed by atoms with Gasteiger partial charge >= 0.3 is 11.9 Å². The average molecular weight is 819 g/mol. The van der Waals surface area contributed by atoms with Crippen LogP contribution in [0.5, 0.6) is 0 Å². The van der Waals surface area contributed by atoms with E-state index in [1.54, 1.807) is 0 Å². The molecule has 0 heterocycles. The Labute approximate surface area is 363 Å². The summed E-state index contributed by atoms with van der Waals surface area (Å²) in [7, 11) is 0. The third-order valence-electron chi connectivity index (χ3n) is 11.8. The second-order valence-electron chi connectivity index (χ2n) is 17.8. The molecule has 1 atom stereocenters. The Morgan fingerprint density at radius 2 is 0.672 bits per heavy atom. The van der Waals surface area contributed by atoms with Crippen LogP contribution in [0.4, 0.5) is 0 Å². The van der Waals surface area contributed by atoms with Crippen LogP contribution in [0.2, 0.25) is 0 Å². The Balaban J connectivity index is 4.21. The molecule has 5 nitrogen and oxygen atoms in total. The van der Waals surface area contributed by atoms with Crippen LogP contribution >= 0.6 is 0 Å². The first-order valence-corrected chi connectivity index (χ1v) is 26.2. The number of rotatable bonds is 49. The molecule has 0 aliphatic rings. The van der Waals surface area contributed by atoms with Gasteiger partial charge in [0.1, 0.15) is 6.61 Å². The number of unbranched alkanes of at least 4 members (excludes halogenated alkanes) is 36. The van der Waals surface area contributed by atoms with E-state index in [4.69, 9.17) is 14.2 Å². The summed E-state index contributed by atoms with van der Waals surface area (Å²) in [5.41, 5.74) is 0. The lowest BCUT2D eigenvalue weighted by Crippen LogP contribution is -2.30. The summed E-state index contributed by atoms with van der Waals surface area (Å²) in [6, 6.07) is 0. The van der Waals surface area contributed by atoms with Crippen molar-refractivity contribution in [1.82, 2.24) is 0 Å². The highest BCUT2D eigenvalue weighted by atomic mass is 16.6. The Hall–Kier alpha value is -1.36. The van der Waals surface area contributed by atoms with Gasteiger partial charge in [-0.05, 0) is 44.9 Å². The quantitative estimate of drug-likeness (QED) is 0.0348. The molecule has 0 unspecified atom stereocenters. The fourth-order valence-corrected chi connectivity index (χ4v) is 7.86. The van der Waals surface area contributed by atoms with Crippen LogP contribution in [-0.2, 0) is 23.8 Å². The van der Waals surface area contributed by atoms with Crippen LogP contribution in [0.3, 0.4) is 0 Å². The highest BCUT2D eigenvalue weighted by molar-refractivity contribution is 5.70. The highest BCUT2D eigenvalue weighted by Gasteiger charge is 2.17. The van der Waals surface area contributed by atoms with Gasteiger partial charge in [0.15, 0.2) is 6.10 Å². The average Bonchev–Trinajstić information content (AvgIpc) is 3.22. The van der Waals surface area contributed by atoms with Gasteiger partial charge in [0, 0.05) is 19.4 Å². The lowest BCUT2D eigenvalue weighted by molar-refractivity contribution is -0.163. The fourth-order valence-electron chi connectivity index (χ4n) is 7.86. The van der Waals surface area contributed by atoms with Crippen LogP contribution in [0.15, 0.2) is 12.2 Å². The molecule has 0 fully saturated rings.